The van der Waals surface area contributed by atoms with Gasteiger partial charge < -0.3 is 4.90 Å². The van der Waals surface area contributed by atoms with Crippen molar-refractivity contribution in [3.05, 3.63) is 23.5 Å². The molecular weight excluding hydrogens is 298 g/mol. The van der Waals surface area contributed by atoms with Crippen LogP contribution in [0.15, 0.2) is 23.2 Å². The summed E-state index contributed by atoms with van der Waals surface area (Å²) in [6, 6.07) is 2.99. The lowest BCUT2D eigenvalue weighted by Gasteiger charge is -2.31. The summed E-state index contributed by atoms with van der Waals surface area (Å²) in [5.41, 5.74) is 0. The first-order valence-electron chi connectivity index (χ1n) is 6.66. The van der Waals surface area contributed by atoms with Crippen LogP contribution < -0.4 is 0 Å². The first-order chi connectivity index (χ1) is 9.39. The van der Waals surface area contributed by atoms with Crippen LogP contribution in [0.4, 0.5) is 0 Å². The van der Waals surface area contributed by atoms with Crippen molar-refractivity contribution in [2.75, 3.05) is 33.7 Å². The summed E-state index contributed by atoms with van der Waals surface area (Å²) in [4.78, 5) is 6.30. The van der Waals surface area contributed by atoms with E-state index in [0.29, 0.717) is 17.6 Å². The molecule has 0 bridgehead atoms. The quantitative estimate of drug-likeness (QED) is 0.793. The second-order valence-corrected chi connectivity index (χ2v) is 7.78. The summed E-state index contributed by atoms with van der Waals surface area (Å²) in [7, 11) is 0.250. The molecule has 0 aliphatic carbocycles. The summed E-state index contributed by atoms with van der Waals surface area (Å²) in [5.74, 6) is 0.422. The maximum atomic E-state index is 12.4. The third kappa shape index (κ3) is 3.69. The normalized spacial score (nSPS) is 18.6. The lowest BCUT2D eigenvalue weighted by Crippen LogP contribution is -2.37. The van der Waals surface area contributed by atoms with Gasteiger partial charge in [0.15, 0.2) is 0 Å². The molecule has 0 saturated carbocycles. The SMILES string of the molecule is CN1CCC(CN(C)S(=O)(=O)c2ccc(Cl)nc2)CC1. The Kier molecular flexibility index (Phi) is 5.01. The van der Waals surface area contributed by atoms with Gasteiger partial charge in [-0.25, -0.2) is 17.7 Å². The molecule has 0 aromatic carbocycles. The lowest BCUT2D eigenvalue weighted by atomic mass is 9.97. The molecule has 112 valence electrons. The molecule has 20 heavy (non-hydrogen) atoms. The number of nitrogens with zero attached hydrogens (tertiary/aromatic N) is 3. The van der Waals surface area contributed by atoms with Crippen molar-refractivity contribution in [1.29, 1.82) is 0 Å². The standard InChI is InChI=1S/C13H20ClN3O2S/c1-16-7-5-11(6-8-16)10-17(2)20(18,19)12-3-4-13(14)15-9-12/h3-4,9,11H,5-8,10H2,1-2H3. The van der Waals surface area contributed by atoms with Gasteiger partial charge in [-0.3, -0.25) is 0 Å². The van der Waals surface area contributed by atoms with Gasteiger partial charge in [-0.2, -0.15) is 0 Å². The van der Waals surface area contributed by atoms with Crippen LogP contribution >= 0.6 is 11.6 Å². The number of sulfonamides is 1. The maximum Gasteiger partial charge on any atom is 0.244 e. The monoisotopic (exact) mass is 317 g/mol. The number of halogens is 1. The number of piperidine rings is 1. The van der Waals surface area contributed by atoms with Crippen LogP contribution in [0.3, 0.4) is 0 Å². The van der Waals surface area contributed by atoms with Gasteiger partial charge in [-0.1, -0.05) is 11.6 Å². The summed E-state index contributed by atoms with van der Waals surface area (Å²) in [6.07, 6.45) is 3.38. The van der Waals surface area contributed by atoms with E-state index in [1.807, 2.05) is 0 Å². The van der Waals surface area contributed by atoms with E-state index in [-0.39, 0.29) is 4.90 Å². The molecule has 5 nitrogen and oxygen atoms in total. The minimum atomic E-state index is -3.47. The molecular formula is C13H20ClN3O2S. The van der Waals surface area contributed by atoms with Crippen molar-refractivity contribution in [2.24, 2.45) is 5.92 Å². The fourth-order valence-corrected chi connectivity index (χ4v) is 3.71. The van der Waals surface area contributed by atoms with Crippen LogP contribution in [0.2, 0.25) is 5.15 Å². The van der Waals surface area contributed by atoms with Crippen molar-refractivity contribution in [3.63, 3.8) is 0 Å². The molecule has 0 N–H and O–H groups in total. The largest absolute Gasteiger partial charge is 0.306 e. The third-order valence-corrected chi connectivity index (χ3v) is 5.79. The van der Waals surface area contributed by atoms with E-state index in [1.54, 1.807) is 7.05 Å². The zero-order valence-electron chi connectivity index (χ0n) is 11.8. The molecule has 1 saturated heterocycles. The summed E-state index contributed by atoms with van der Waals surface area (Å²) >= 11 is 5.69. The average Bonchev–Trinajstić information content (AvgIpc) is 2.42. The second-order valence-electron chi connectivity index (χ2n) is 5.35. The van der Waals surface area contributed by atoms with Crippen LogP contribution in [0, 0.1) is 5.92 Å². The number of aromatic nitrogens is 1. The smallest absolute Gasteiger partial charge is 0.244 e. The lowest BCUT2D eigenvalue weighted by molar-refractivity contribution is 0.202. The van der Waals surface area contributed by atoms with Gasteiger partial charge in [0.1, 0.15) is 10.0 Å². The first-order valence-corrected chi connectivity index (χ1v) is 8.48. The topological polar surface area (TPSA) is 53.5 Å². The molecule has 1 aromatic heterocycles. The molecule has 0 radical (unpaired) electrons. The molecule has 2 rings (SSSR count). The van der Waals surface area contributed by atoms with Crippen molar-refractivity contribution >= 4 is 21.6 Å². The highest BCUT2D eigenvalue weighted by Crippen LogP contribution is 2.21. The molecule has 1 aliphatic heterocycles. The van der Waals surface area contributed by atoms with Gasteiger partial charge in [0.2, 0.25) is 10.0 Å². The minimum absolute atomic E-state index is 0.192. The number of hydrogen-bond acceptors (Lipinski definition) is 4. The Labute approximate surface area is 125 Å². The number of rotatable bonds is 4. The van der Waals surface area contributed by atoms with E-state index in [4.69, 9.17) is 11.6 Å². The number of hydrogen-bond donors (Lipinski definition) is 0. The maximum absolute atomic E-state index is 12.4. The van der Waals surface area contributed by atoms with E-state index in [0.717, 1.165) is 25.9 Å². The third-order valence-electron chi connectivity index (χ3n) is 3.76. The minimum Gasteiger partial charge on any atom is -0.306 e. The van der Waals surface area contributed by atoms with Gasteiger partial charge in [-0.05, 0) is 51.0 Å². The fraction of sp³-hybridized carbons (Fsp3) is 0.615. The predicted octanol–water partition coefficient (Wildman–Crippen LogP) is 1.70. The van der Waals surface area contributed by atoms with Gasteiger partial charge in [0.05, 0.1) is 0 Å². The van der Waals surface area contributed by atoms with Crippen molar-refractivity contribution in [3.8, 4) is 0 Å². The highest BCUT2D eigenvalue weighted by Gasteiger charge is 2.25. The first kappa shape index (κ1) is 15.7. The van der Waals surface area contributed by atoms with Gasteiger partial charge in [0.25, 0.3) is 0 Å². The molecule has 1 fully saturated rings. The highest BCUT2D eigenvalue weighted by molar-refractivity contribution is 7.89. The molecule has 0 amide bonds. The van der Waals surface area contributed by atoms with Crippen LogP contribution in [0.25, 0.3) is 0 Å². The Morgan fingerprint density at radius 3 is 2.60 bits per heavy atom. The Hall–Kier alpha value is -0.690. The van der Waals surface area contributed by atoms with Crippen LogP contribution in [-0.2, 0) is 10.0 Å². The van der Waals surface area contributed by atoms with Crippen molar-refractivity contribution in [1.82, 2.24) is 14.2 Å². The fourth-order valence-electron chi connectivity index (χ4n) is 2.40. The van der Waals surface area contributed by atoms with Gasteiger partial charge in [-0.15, -0.1) is 0 Å². The molecule has 1 aromatic rings. The van der Waals surface area contributed by atoms with E-state index >= 15 is 0 Å². The average molecular weight is 318 g/mol. The summed E-state index contributed by atoms with van der Waals surface area (Å²) < 4.78 is 26.3. The van der Waals surface area contributed by atoms with Crippen LogP contribution in [0.1, 0.15) is 12.8 Å². The summed E-state index contributed by atoms with van der Waals surface area (Å²) in [6.45, 7) is 2.61. The van der Waals surface area contributed by atoms with Gasteiger partial charge in [0, 0.05) is 19.8 Å². The number of pyridine rings is 1. The number of likely N-dealkylation sites (tertiary alicyclic amines) is 1. The van der Waals surface area contributed by atoms with E-state index in [2.05, 4.69) is 16.9 Å². The highest BCUT2D eigenvalue weighted by atomic mass is 35.5. The molecule has 0 unspecified atom stereocenters. The van der Waals surface area contributed by atoms with E-state index in [9.17, 15) is 8.42 Å². The Morgan fingerprint density at radius 2 is 2.05 bits per heavy atom. The van der Waals surface area contributed by atoms with Gasteiger partial charge >= 0.3 is 0 Å². The molecule has 0 spiro atoms. The Bertz CT molecular complexity index is 539. The van der Waals surface area contributed by atoms with E-state index in [1.165, 1.54) is 22.6 Å². The van der Waals surface area contributed by atoms with Crippen LogP contribution in [0.5, 0.6) is 0 Å². The Balaban J connectivity index is 2.04. The molecule has 1 aliphatic rings. The van der Waals surface area contributed by atoms with Crippen molar-refractivity contribution < 1.29 is 8.42 Å². The summed E-state index contributed by atoms with van der Waals surface area (Å²) in [5, 5.41) is 0.293. The molecule has 0 atom stereocenters. The predicted molar refractivity (Wildman–Crippen MR) is 79.3 cm³/mol. The molecule has 2 heterocycles. The Morgan fingerprint density at radius 1 is 1.40 bits per heavy atom. The van der Waals surface area contributed by atoms with E-state index < -0.39 is 10.0 Å². The zero-order valence-corrected chi connectivity index (χ0v) is 13.4. The molecule has 7 heteroatoms. The zero-order chi connectivity index (χ0) is 14.8. The van der Waals surface area contributed by atoms with Crippen LogP contribution in [-0.4, -0.2) is 56.3 Å². The second kappa shape index (κ2) is 6.39. The van der Waals surface area contributed by atoms with Crippen molar-refractivity contribution in [2.45, 2.75) is 17.7 Å².